The fourth-order valence-electron chi connectivity index (χ4n) is 4.13. The second-order valence-electron chi connectivity index (χ2n) is 8.15. The zero-order valence-corrected chi connectivity index (χ0v) is 17.5. The SMILES string of the molecule is O=C(CCC1NC(=O)N(Cc2ccco2)C1=O)NC1CCN(Cc2ccccc2)CC1. The van der Waals surface area contributed by atoms with E-state index in [4.69, 9.17) is 4.42 Å². The number of nitrogens with one attached hydrogen (secondary N) is 2. The fraction of sp³-hybridized carbons (Fsp3) is 0.435. The van der Waals surface area contributed by atoms with Gasteiger partial charge in [-0.15, -0.1) is 0 Å². The van der Waals surface area contributed by atoms with Crippen molar-refractivity contribution in [1.82, 2.24) is 20.4 Å². The van der Waals surface area contributed by atoms with Gasteiger partial charge >= 0.3 is 6.03 Å². The maximum Gasteiger partial charge on any atom is 0.325 e. The molecule has 2 aromatic rings. The van der Waals surface area contributed by atoms with Crippen LogP contribution in [0.1, 0.15) is 37.0 Å². The molecule has 0 radical (unpaired) electrons. The van der Waals surface area contributed by atoms with Crippen LogP contribution < -0.4 is 10.6 Å². The summed E-state index contributed by atoms with van der Waals surface area (Å²) in [6.07, 6.45) is 3.82. The van der Waals surface area contributed by atoms with Crippen molar-refractivity contribution >= 4 is 17.8 Å². The van der Waals surface area contributed by atoms with Gasteiger partial charge in [0.1, 0.15) is 11.8 Å². The Morgan fingerprint density at radius 2 is 1.84 bits per heavy atom. The monoisotopic (exact) mass is 424 g/mol. The zero-order chi connectivity index (χ0) is 21.6. The number of carbonyl (C=O) groups excluding carboxylic acids is 3. The Labute approximate surface area is 181 Å². The number of furan rings is 1. The number of rotatable bonds is 8. The van der Waals surface area contributed by atoms with Gasteiger partial charge in [-0.25, -0.2) is 4.79 Å². The molecule has 0 spiro atoms. The largest absolute Gasteiger partial charge is 0.467 e. The molecule has 4 rings (SSSR count). The topological polar surface area (TPSA) is 94.9 Å². The van der Waals surface area contributed by atoms with Gasteiger partial charge in [0, 0.05) is 32.1 Å². The van der Waals surface area contributed by atoms with Crippen molar-refractivity contribution in [3.05, 3.63) is 60.1 Å². The Kier molecular flexibility index (Phi) is 6.66. The Morgan fingerprint density at radius 1 is 1.06 bits per heavy atom. The minimum Gasteiger partial charge on any atom is -0.467 e. The molecule has 2 saturated heterocycles. The van der Waals surface area contributed by atoms with Crippen molar-refractivity contribution in [2.75, 3.05) is 13.1 Å². The number of nitrogens with zero attached hydrogens (tertiary/aromatic N) is 2. The number of benzene rings is 1. The van der Waals surface area contributed by atoms with E-state index in [0.29, 0.717) is 5.76 Å². The van der Waals surface area contributed by atoms with Gasteiger partial charge in [-0.2, -0.15) is 0 Å². The third-order valence-electron chi connectivity index (χ3n) is 5.86. The van der Waals surface area contributed by atoms with Crippen LogP contribution >= 0.6 is 0 Å². The second kappa shape index (κ2) is 9.78. The van der Waals surface area contributed by atoms with Crippen molar-refractivity contribution < 1.29 is 18.8 Å². The second-order valence-corrected chi connectivity index (χ2v) is 8.15. The van der Waals surface area contributed by atoms with Crippen LogP contribution in [0.25, 0.3) is 0 Å². The first-order valence-corrected chi connectivity index (χ1v) is 10.8. The highest BCUT2D eigenvalue weighted by Gasteiger charge is 2.38. The van der Waals surface area contributed by atoms with E-state index in [-0.39, 0.29) is 37.2 Å². The number of piperidine rings is 1. The molecule has 1 aromatic carbocycles. The normalized spacial score (nSPS) is 20.1. The number of carbonyl (C=O) groups is 3. The zero-order valence-electron chi connectivity index (χ0n) is 17.5. The average molecular weight is 425 g/mol. The number of amides is 4. The Balaban J connectivity index is 1.17. The van der Waals surface area contributed by atoms with E-state index in [9.17, 15) is 14.4 Å². The molecular formula is C23H28N4O4. The molecule has 0 saturated carbocycles. The highest BCUT2D eigenvalue weighted by atomic mass is 16.3. The lowest BCUT2D eigenvalue weighted by Crippen LogP contribution is -2.44. The summed E-state index contributed by atoms with van der Waals surface area (Å²) in [6, 6.07) is 12.9. The summed E-state index contributed by atoms with van der Waals surface area (Å²) < 4.78 is 5.21. The van der Waals surface area contributed by atoms with Gasteiger partial charge in [-0.3, -0.25) is 19.4 Å². The molecule has 1 unspecified atom stereocenters. The molecule has 4 amide bonds. The maximum atomic E-state index is 12.5. The molecular weight excluding hydrogens is 396 g/mol. The minimum atomic E-state index is -0.666. The predicted octanol–water partition coefficient (Wildman–Crippen LogP) is 2.26. The third kappa shape index (κ3) is 5.52. The molecule has 2 N–H and O–H groups in total. The van der Waals surface area contributed by atoms with E-state index in [1.165, 1.54) is 11.8 Å². The number of likely N-dealkylation sites (tertiary alicyclic amines) is 1. The van der Waals surface area contributed by atoms with Crippen LogP contribution in [0.2, 0.25) is 0 Å². The highest BCUT2D eigenvalue weighted by Crippen LogP contribution is 2.17. The van der Waals surface area contributed by atoms with Crippen molar-refractivity contribution in [2.24, 2.45) is 0 Å². The van der Waals surface area contributed by atoms with Gasteiger partial charge in [0.25, 0.3) is 5.91 Å². The average Bonchev–Trinajstić information content (AvgIpc) is 3.38. The van der Waals surface area contributed by atoms with E-state index in [2.05, 4.69) is 39.8 Å². The Morgan fingerprint density at radius 3 is 2.55 bits per heavy atom. The summed E-state index contributed by atoms with van der Waals surface area (Å²) in [6.45, 7) is 2.92. The molecule has 0 bridgehead atoms. The van der Waals surface area contributed by atoms with Gasteiger partial charge in [0.15, 0.2) is 0 Å². The lowest BCUT2D eigenvalue weighted by molar-refractivity contribution is -0.128. The van der Waals surface area contributed by atoms with Gasteiger partial charge in [0.2, 0.25) is 5.91 Å². The van der Waals surface area contributed by atoms with Crippen LogP contribution in [0.5, 0.6) is 0 Å². The molecule has 8 heteroatoms. The van der Waals surface area contributed by atoms with Crippen LogP contribution in [0.15, 0.2) is 53.1 Å². The van der Waals surface area contributed by atoms with E-state index in [1.54, 1.807) is 12.1 Å². The molecule has 164 valence electrons. The molecule has 1 aromatic heterocycles. The fourth-order valence-corrected chi connectivity index (χ4v) is 4.13. The number of imide groups is 1. The van der Waals surface area contributed by atoms with Gasteiger partial charge in [-0.05, 0) is 37.0 Å². The Hall–Kier alpha value is -3.13. The van der Waals surface area contributed by atoms with Crippen LogP contribution in [-0.2, 0) is 22.7 Å². The molecule has 1 atom stereocenters. The van der Waals surface area contributed by atoms with E-state index in [1.807, 2.05) is 6.07 Å². The standard InChI is InChI=1S/C23H28N4O4/c28-21(24-18-10-12-26(13-11-18)15-17-5-2-1-3-6-17)9-8-20-22(29)27(23(30)25-20)16-19-7-4-14-31-19/h1-7,14,18,20H,8-13,15-16H2,(H,24,28)(H,25,30). The summed E-state index contributed by atoms with van der Waals surface area (Å²) in [5, 5.41) is 5.75. The number of hydrogen-bond acceptors (Lipinski definition) is 5. The molecule has 8 nitrogen and oxygen atoms in total. The molecule has 2 aliphatic heterocycles. The van der Waals surface area contributed by atoms with E-state index >= 15 is 0 Å². The van der Waals surface area contributed by atoms with Gasteiger partial charge in [0.05, 0.1) is 12.8 Å². The lowest BCUT2D eigenvalue weighted by atomic mass is 10.0. The first-order valence-electron chi connectivity index (χ1n) is 10.8. The van der Waals surface area contributed by atoms with Crippen molar-refractivity contribution in [2.45, 2.75) is 50.9 Å². The minimum absolute atomic E-state index is 0.0759. The quantitative estimate of drug-likeness (QED) is 0.634. The van der Waals surface area contributed by atoms with Crippen molar-refractivity contribution in [3.8, 4) is 0 Å². The number of urea groups is 1. The summed E-state index contributed by atoms with van der Waals surface area (Å²) in [5.41, 5.74) is 1.30. The summed E-state index contributed by atoms with van der Waals surface area (Å²) in [4.78, 5) is 40.5. The lowest BCUT2D eigenvalue weighted by Gasteiger charge is -2.32. The van der Waals surface area contributed by atoms with Crippen LogP contribution in [-0.4, -0.2) is 52.8 Å². The third-order valence-corrected chi connectivity index (χ3v) is 5.86. The van der Waals surface area contributed by atoms with Crippen molar-refractivity contribution in [3.63, 3.8) is 0 Å². The summed E-state index contributed by atoms with van der Waals surface area (Å²) in [7, 11) is 0. The van der Waals surface area contributed by atoms with Crippen LogP contribution in [0.4, 0.5) is 4.79 Å². The Bertz CT molecular complexity index is 892. The first kappa shape index (κ1) is 21.1. The van der Waals surface area contributed by atoms with Crippen LogP contribution in [0, 0.1) is 0 Å². The number of hydrogen-bond donors (Lipinski definition) is 2. The van der Waals surface area contributed by atoms with Gasteiger partial charge < -0.3 is 15.1 Å². The molecule has 2 fully saturated rings. The molecule has 3 heterocycles. The van der Waals surface area contributed by atoms with Crippen LogP contribution in [0.3, 0.4) is 0 Å². The molecule has 0 aliphatic carbocycles. The van der Waals surface area contributed by atoms with Crippen molar-refractivity contribution in [1.29, 1.82) is 0 Å². The summed E-state index contributed by atoms with van der Waals surface area (Å²) in [5.74, 6) is 0.150. The summed E-state index contributed by atoms with van der Waals surface area (Å²) >= 11 is 0. The molecule has 31 heavy (non-hydrogen) atoms. The van der Waals surface area contributed by atoms with E-state index < -0.39 is 12.1 Å². The predicted molar refractivity (Wildman–Crippen MR) is 114 cm³/mol. The smallest absolute Gasteiger partial charge is 0.325 e. The van der Waals surface area contributed by atoms with E-state index in [0.717, 1.165) is 37.4 Å². The maximum absolute atomic E-state index is 12.5. The molecule has 2 aliphatic rings. The van der Waals surface area contributed by atoms with Gasteiger partial charge in [-0.1, -0.05) is 30.3 Å². The highest BCUT2D eigenvalue weighted by molar-refractivity contribution is 6.04. The first-order chi connectivity index (χ1) is 15.1.